The molecule has 9 nitrogen and oxygen atoms in total. The molecule has 4 rings (SSSR count). The van der Waals surface area contributed by atoms with Crippen molar-refractivity contribution in [1.29, 1.82) is 0 Å². The first kappa shape index (κ1) is 26.7. The zero-order valence-corrected chi connectivity index (χ0v) is 21.8. The molecule has 1 aliphatic heterocycles. The van der Waals surface area contributed by atoms with Gasteiger partial charge in [-0.2, -0.15) is 5.10 Å². The molecule has 38 heavy (non-hydrogen) atoms. The molecule has 198 valence electrons. The van der Waals surface area contributed by atoms with Gasteiger partial charge in [-0.15, -0.1) is 0 Å². The highest BCUT2D eigenvalue weighted by Crippen LogP contribution is 2.33. The molecule has 3 aromatic rings. The highest BCUT2D eigenvalue weighted by atomic mass is 16.5. The Hall–Kier alpha value is -4.37. The summed E-state index contributed by atoms with van der Waals surface area (Å²) >= 11 is 0. The van der Waals surface area contributed by atoms with Crippen LogP contribution in [0.4, 0.5) is 10.5 Å². The fraction of sp³-hybridized carbons (Fsp3) is 0.276. The van der Waals surface area contributed by atoms with Gasteiger partial charge in [-0.05, 0) is 29.8 Å². The Bertz CT molecular complexity index is 1280. The van der Waals surface area contributed by atoms with Gasteiger partial charge in [0.05, 0.1) is 38.3 Å². The quantitative estimate of drug-likeness (QED) is 0.426. The zero-order valence-electron chi connectivity index (χ0n) is 21.8. The van der Waals surface area contributed by atoms with E-state index in [9.17, 15) is 9.59 Å². The number of rotatable bonds is 10. The van der Waals surface area contributed by atoms with Gasteiger partial charge >= 0.3 is 6.03 Å². The lowest BCUT2D eigenvalue weighted by Gasteiger charge is -2.27. The molecule has 0 aliphatic carbocycles. The average molecular weight is 517 g/mol. The molecule has 1 heterocycles. The summed E-state index contributed by atoms with van der Waals surface area (Å²) < 4.78 is 15.9. The molecule has 1 N–H and O–H groups in total. The van der Waals surface area contributed by atoms with Gasteiger partial charge in [-0.25, -0.2) is 9.80 Å². The van der Waals surface area contributed by atoms with Gasteiger partial charge < -0.3 is 24.4 Å². The molecule has 1 atom stereocenters. The minimum atomic E-state index is -0.438. The van der Waals surface area contributed by atoms with Crippen LogP contribution in [0.5, 0.6) is 11.5 Å². The monoisotopic (exact) mass is 516 g/mol. The summed E-state index contributed by atoms with van der Waals surface area (Å²) in [6.45, 7) is 0.315. The minimum absolute atomic E-state index is 0.178. The summed E-state index contributed by atoms with van der Waals surface area (Å²) in [6, 6.07) is 23.7. The smallest absolute Gasteiger partial charge is 0.322 e. The van der Waals surface area contributed by atoms with Crippen LogP contribution in [0, 0.1) is 0 Å². The van der Waals surface area contributed by atoms with Gasteiger partial charge in [-0.3, -0.25) is 4.79 Å². The second-order valence-corrected chi connectivity index (χ2v) is 8.69. The van der Waals surface area contributed by atoms with Crippen LogP contribution in [-0.4, -0.2) is 68.6 Å². The van der Waals surface area contributed by atoms with Crippen molar-refractivity contribution < 1.29 is 23.8 Å². The Morgan fingerprint density at radius 2 is 1.74 bits per heavy atom. The second-order valence-electron chi connectivity index (χ2n) is 8.69. The van der Waals surface area contributed by atoms with E-state index in [0.29, 0.717) is 23.6 Å². The number of anilines is 1. The number of carbonyl (C=O) groups is 2. The first-order valence-corrected chi connectivity index (χ1v) is 12.3. The Morgan fingerprint density at radius 1 is 0.974 bits per heavy atom. The molecule has 1 aliphatic rings. The molecule has 0 radical (unpaired) electrons. The lowest BCUT2D eigenvalue weighted by atomic mass is 9.98. The fourth-order valence-electron chi connectivity index (χ4n) is 4.28. The lowest BCUT2D eigenvalue weighted by Crippen LogP contribution is -2.44. The highest BCUT2D eigenvalue weighted by Gasteiger charge is 2.34. The van der Waals surface area contributed by atoms with E-state index in [1.807, 2.05) is 60.7 Å². The number of urea groups is 1. The van der Waals surface area contributed by atoms with Gasteiger partial charge in [0.2, 0.25) is 0 Å². The molecule has 0 saturated carbocycles. The summed E-state index contributed by atoms with van der Waals surface area (Å²) in [5, 5.41) is 9.06. The molecule has 0 saturated heterocycles. The van der Waals surface area contributed by atoms with Crippen molar-refractivity contribution in [3.8, 4) is 11.5 Å². The van der Waals surface area contributed by atoms with Gasteiger partial charge in [0.1, 0.15) is 18.0 Å². The number of benzene rings is 3. The van der Waals surface area contributed by atoms with Crippen LogP contribution in [0.25, 0.3) is 0 Å². The number of nitrogens with zero attached hydrogens (tertiary/aromatic N) is 3. The van der Waals surface area contributed by atoms with Gasteiger partial charge in [0.15, 0.2) is 0 Å². The first-order valence-electron chi connectivity index (χ1n) is 12.3. The van der Waals surface area contributed by atoms with Gasteiger partial charge in [0.25, 0.3) is 5.91 Å². The topological polar surface area (TPSA) is 92.7 Å². The Balaban J connectivity index is 1.59. The highest BCUT2D eigenvalue weighted by molar-refractivity contribution is 6.04. The zero-order chi connectivity index (χ0) is 26.9. The molecule has 0 spiro atoms. The molecular weight excluding hydrogens is 484 g/mol. The Kier molecular flexibility index (Phi) is 8.94. The van der Waals surface area contributed by atoms with Gasteiger partial charge in [0, 0.05) is 25.6 Å². The summed E-state index contributed by atoms with van der Waals surface area (Å²) in [5.74, 6) is 0.933. The molecule has 9 heteroatoms. The molecule has 0 bridgehead atoms. The minimum Gasteiger partial charge on any atom is -0.497 e. The largest absolute Gasteiger partial charge is 0.497 e. The van der Waals surface area contributed by atoms with Gasteiger partial charge in [-0.1, -0.05) is 54.6 Å². The number of ether oxygens (including phenoxy) is 3. The normalized spacial score (nSPS) is 14.6. The van der Waals surface area contributed by atoms with Crippen molar-refractivity contribution in [1.82, 2.24) is 9.91 Å². The summed E-state index contributed by atoms with van der Waals surface area (Å²) in [7, 11) is 4.70. The van der Waals surface area contributed by atoms with E-state index in [1.54, 1.807) is 32.4 Å². The van der Waals surface area contributed by atoms with Crippen molar-refractivity contribution in [2.24, 2.45) is 5.10 Å². The molecule has 1 unspecified atom stereocenters. The third-order valence-electron chi connectivity index (χ3n) is 6.28. The third kappa shape index (κ3) is 6.30. The van der Waals surface area contributed by atoms with Crippen molar-refractivity contribution in [3.63, 3.8) is 0 Å². The van der Waals surface area contributed by atoms with Crippen molar-refractivity contribution in [2.45, 2.75) is 12.5 Å². The lowest BCUT2D eigenvalue weighted by molar-refractivity contribution is -0.133. The van der Waals surface area contributed by atoms with Crippen LogP contribution in [0.2, 0.25) is 0 Å². The molecule has 3 amide bonds. The average Bonchev–Trinajstić information content (AvgIpc) is 3.42. The number of methoxy groups -OCH3 is 3. The standard InChI is InChI=1S/C29H32N4O5/c1-36-17-16-32(29(35)30-24-14-7-8-15-27(24)38-3)20-28(34)33-26(21-10-5-4-6-11-21)19-25(31-33)22-12-9-13-23(18-22)37-2/h4-15,18,26H,16-17,19-20H2,1-3H3,(H,30,35). The van der Waals surface area contributed by atoms with Crippen molar-refractivity contribution >= 4 is 23.3 Å². The van der Waals surface area contributed by atoms with Crippen LogP contribution in [-0.2, 0) is 9.53 Å². The van der Waals surface area contributed by atoms with Crippen LogP contribution in [0.1, 0.15) is 23.6 Å². The van der Waals surface area contributed by atoms with Crippen LogP contribution in [0.3, 0.4) is 0 Å². The number of hydrogen-bond donors (Lipinski definition) is 1. The van der Waals surface area contributed by atoms with E-state index in [4.69, 9.17) is 19.3 Å². The van der Waals surface area contributed by atoms with Crippen LogP contribution < -0.4 is 14.8 Å². The van der Waals surface area contributed by atoms with Crippen molar-refractivity contribution in [2.75, 3.05) is 46.3 Å². The fourth-order valence-corrected chi connectivity index (χ4v) is 4.28. The Morgan fingerprint density at radius 3 is 2.47 bits per heavy atom. The van der Waals surface area contributed by atoms with E-state index >= 15 is 0 Å². The molecular formula is C29H32N4O5. The predicted molar refractivity (Wildman–Crippen MR) is 146 cm³/mol. The number of carbonyl (C=O) groups excluding carboxylic acids is 2. The predicted octanol–water partition coefficient (Wildman–Crippen LogP) is 4.56. The SMILES string of the molecule is COCCN(CC(=O)N1N=C(c2cccc(OC)c2)CC1c1ccccc1)C(=O)Nc1ccccc1OC. The number of hydrogen-bond acceptors (Lipinski definition) is 6. The maximum absolute atomic E-state index is 13.7. The summed E-state index contributed by atoms with van der Waals surface area (Å²) in [5.41, 5.74) is 3.12. The number of nitrogens with one attached hydrogen (secondary N) is 1. The van der Waals surface area contributed by atoms with E-state index in [0.717, 1.165) is 16.8 Å². The number of para-hydroxylation sites is 2. The van der Waals surface area contributed by atoms with E-state index in [2.05, 4.69) is 5.32 Å². The summed E-state index contributed by atoms with van der Waals surface area (Å²) in [4.78, 5) is 28.3. The molecule has 0 fully saturated rings. The maximum atomic E-state index is 13.7. The summed E-state index contributed by atoms with van der Waals surface area (Å²) in [6.07, 6.45) is 0.536. The number of hydrazone groups is 1. The van der Waals surface area contributed by atoms with E-state index in [-0.39, 0.29) is 31.6 Å². The Labute approximate surface area is 222 Å². The molecule has 3 aromatic carbocycles. The van der Waals surface area contributed by atoms with Crippen LogP contribution >= 0.6 is 0 Å². The number of amides is 3. The first-order chi connectivity index (χ1) is 18.5. The van der Waals surface area contributed by atoms with E-state index in [1.165, 1.54) is 17.0 Å². The third-order valence-corrected chi connectivity index (χ3v) is 6.28. The van der Waals surface area contributed by atoms with Crippen molar-refractivity contribution in [3.05, 3.63) is 90.0 Å². The maximum Gasteiger partial charge on any atom is 0.322 e. The van der Waals surface area contributed by atoms with E-state index < -0.39 is 6.03 Å². The van der Waals surface area contributed by atoms with Crippen LogP contribution in [0.15, 0.2) is 84.0 Å². The second kappa shape index (κ2) is 12.7. The molecule has 0 aromatic heterocycles.